The summed E-state index contributed by atoms with van der Waals surface area (Å²) in [5.74, 6) is -0.905. The molecule has 61 heavy (non-hydrogen) atoms. The van der Waals surface area contributed by atoms with Crippen LogP contribution in [0.25, 0.3) is 0 Å². The van der Waals surface area contributed by atoms with Crippen LogP contribution in [0, 0.1) is 5.92 Å². The molecule has 0 radical (unpaired) electrons. The van der Waals surface area contributed by atoms with Gasteiger partial charge in [-0.3, -0.25) is 0 Å². The summed E-state index contributed by atoms with van der Waals surface area (Å²) in [5.41, 5.74) is -6.92. The number of benzene rings is 5. The first-order valence-corrected chi connectivity index (χ1v) is 22.4. The fraction of sp³-hybridized carbons (Fsp3) is 0.348. The molecule has 0 nitrogen and oxygen atoms in total. The van der Waals surface area contributed by atoms with Crippen molar-refractivity contribution >= 4 is 42.4 Å². The van der Waals surface area contributed by atoms with E-state index < -0.39 is 85.0 Å². The molecule has 0 aromatic heterocycles. The third-order valence-electron chi connectivity index (χ3n) is 11.2. The predicted molar refractivity (Wildman–Crippen MR) is 217 cm³/mol. The molecule has 0 bridgehead atoms. The molecule has 0 saturated heterocycles. The molecule has 3 atom stereocenters. The van der Waals surface area contributed by atoms with Gasteiger partial charge in [-0.25, -0.2) is 0 Å². The fourth-order valence-electron chi connectivity index (χ4n) is 8.39. The summed E-state index contributed by atoms with van der Waals surface area (Å²) in [7, 11) is -3.89. The van der Waals surface area contributed by atoms with Crippen LogP contribution in [0.2, 0.25) is 0 Å². The van der Waals surface area contributed by atoms with Crippen LogP contribution in [0.5, 0.6) is 0 Å². The van der Waals surface area contributed by atoms with Crippen molar-refractivity contribution in [2.45, 2.75) is 94.6 Å². The second-order valence-corrected chi connectivity index (χ2v) is 19.9. The van der Waals surface area contributed by atoms with E-state index >= 15 is 0 Å². The molecule has 0 N–H and O–H groups in total. The molecule has 15 heteroatoms. The van der Waals surface area contributed by atoms with Gasteiger partial charge in [0.25, 0.3) is 0 Å². The first kappa shape index (κ1) is 48.7. The standard InChI is InChI=1S/C41H32F12P2.C5H10.Fe/c1-25(34-16-10-17-35(34)36-15-8-9-18-37(36)55(30-11-4-2-5-12-30)31-13-6-3-7-14-31)54(32-21-26(38(42,43)44)19-27(22-32)39(45,46)47)33-23-28(40(48,49)50)20-29(24-33)41(51,52)53;1-2-4-5-3-1;/h2-9,11-15,18-25,34-35H,10,16-17H2,1H3;1-5H2;/t25-,34?,35?;;/m1../s1. The van der Waals surface area contributed by atoms with Crippen LogP contribution in [0.3, 0.4) is 0 Å². The van der Waals surface area contributed by atoms with Gasteiger partial charge >= 0.3 is 24.7 Å². The minimum Gasteiger partial charge on any atom is -0.166 e. The molecule has 328 valence electrons. The Balaban J connectivity index is 0.00000109. The van der Waals surface area contributed by atoms with Crippen molar-refractivity contribution in [2.75, 3.05) is 0 Å². The van der Waals surface area contributed by atoms with Gasteiger partial charge < -0.3 is 0 Å². The number of hydrogen-bond donors (Lipinski definition) is 0. The molecule has 2 fully saturated rings. The molecule has 2 unspecified atom stereocenters. The third kappa shape index (κ3) is 12.0. The van der Waals surface area contributed by atoms with Crippen LogP contribution in [-0.4, -0.2) is 5.66 Å². The van der Waals surface area contributed by atoms with E-state index in [-0.39, 0.29) is 35.1 Å². The molecule has 2 saturated carbocycles. The van der Waals surface area contributed by atoms with Crippen molar-refractivity contribution in [1.29, 1.82) is 0 Å². The summed E-state index contributed by atoms with van der Waals surface area (Å²) in [6.45, 7) is 1.52. The first-order chi connectivity index (χ1) is 28.2. The molecule has 5 aromatic rings. The third-order valence-corrected chi connectivity index (χ3v) is 16.5. The van der Waals surface area contributed by atoms with Crippen molar-refractivity contribution in [3.8, 4) is 0 Å². The average molecular weight is 941 g/mol. The topological polar surface area (TPSA) is 0 Å². The van der Waals surface area contributed by atoms with E-state index in [9.17, 15) is 52.7 Å². The Morgan fingerprint density at radius 3 is 1.18 bits per heavy atom. The van der Waals surface area contributed by atoms with Gasteiger partial charge in [0.15, 0.2) is 0 Å². The van der Waals surface area contributed by atoms with Crippen molar-refractivity contribution in [1.82, 2.24) is 0 Å². The summed E-state index contributed by atoms with van der Waals surface area (Å²) in [5, 5.41) is 1.72. The minimum absolute atomic E-state index is 0. The molecule has 0 spiro atoms. The molecule has 2 aliphatic rings. The van der Waals surface area contributed by atoms with Crippen LogP contribution in [0.4, 0.5) is 52.7 Å². The normalized spacial score (nSPS) is 17.8. The molecule has 5 aromatic carbocycles. The van der Waals surface area contributed by atoms with Gasteiger partial charge in [0.2, 0.25) is 0 Å². The van der Waals surface area contributed by atoms with E-state index in [1.54, 1.807) is 0 Å². The average Bonchev–Trinajstić information content (AvgIpc) is 3.95. The SMILES string of the molecule is C1CCCC1.C[C@H](C1CCCC1c1ccccc1P(c1ccccc1)c1ccccc1)P(c1cc(C(F)(F)F)cc(C(F)(F)F)c1)c1cc(C(F)(F)F)cc(C(F)(F)F)c1.[Fe]. The van der Waals surface area contributed by atoms with E-state index in [4.69, 9.17) is 0 Å². The molecule has 2 aliphatic carbocycles. The molecule has 7 rings (SSSR count). The predicted octanol–water partition coefficient (Wildman–Crippen LogP) is 13.9. The van der Waals surface area contributed by atoms with Crippen molar-refractivity contribution in [3.05, 3.63) is 149 Å². The monoisotopic (exact) mass is 940 g/mol. The van der Waals surface area contributed by atoms with E-state index in [0.717, 1.165) is 21.5 Å². The Kier molecular flexibility index (Phi) is 16.0. The van der Waals surface area contributed by atoms with Gasteiger partial charge in [0.05, 0.1) is 22.3 Å². The first-order valence-electron chi connectivity index (χ1n) is 19.6. The van der Waals surface area contributed by atoms with Crippen LogP contribution in [0.1, 0.15) is 92.0 Å². The number of hydrogen-bond acceptors (Lipinski definition) is 0. The maximum absolute atomic E-state index is 14.2. The van der Waals surface area contributed by atoms with Crippen LogP contribution in [0.15, 0.2) is 121 Å². The zero-order chi connectivity index (χ0) is 43.5. The van der Waals surface area contributed by atoms with Crippen LogP contribution < -0.4 is 26.5 Å². The van der Waals surface area contributed by atoms with Crippen molar-refractivity contribution in [2.24, 2.45) is 5.92 Å². The summed E-state index contributed by atoms with van der Waals surface area (Å²) in [4.78, 5) is 0. The Morgan fingerprint density at radius 1 is 0.443 bits per heavy atom. The second kappa shape index (κ2) is 20.0. The van der Waals surface area contributed by atoms with Crippen molar-refractivity contribution in [3.63, 3.8) is 0 Å². The van der Waals surface area contributed by atoms with Gasteiger partial charge in [0.1, 0.15) is 0 Å². The van der Waals surface area contributed by atoms with Gasteiger partial charge in [-0.15, -0.1) is 0 Å². The maximum Gasteiger partial charge on any atom is 0.416 e. The number of alkyl halides is 12. The molecule has 0 aliphatic heterocycles. The van der Waals surface area contributed by atoms with Crippen LogP contribution >= 0.6 is 15.8 Å². The Labute approximate surface area is 360 Å². The van der Waals surface area contributed by atoms with Gasteiger partial charge in [-0.2, -0.15) is 52.7 Å². The quantitative estimate of drug-likeness (QED) is 0.0826. The molecule has 0 heterocycles. The van der Waals surface area contributed by atoms with E-state index in [2.05, 4.69) is 0 Å². The maximum atomic E-state index is 14.2. The summed E-state index contributed by atoms with van der Waals surface area (Å²) in [6, 6.07) is 28.4. The smallest absolute Gasteiger partial charge is 0.166 e. The Morgan fingerprint density at radius 2 is 0.803 bits per heavy atom. The summed E-state index contributed by atoms with van der Waals surface area (Å²) in [6.07, 6.45) is -12.2. The minimum atomic E-state index is -5.30. The van der Waals surface area contributed by atoms with Gasteiger partial charge in [-0.1, -0.05) is 130 Å². The summed E-state index contributed by atoms with van der Waals surface area (Å²) < 4.78 is 170. The second-order valence-electron chi connectivity index (χ2n) is 15.2. The van der Waals surface area contributed by atoms with E-state index in [1.165, 1.54) is 39.0 Å². The zero-order valence-corrected chi connectivity index (χ0v) is 35.6. The van der Waals surface area contributed by atoms with E-state index in [1.807, 2.05) is 84.9 Å². The molecule has 0 amide bonds. The van der Waals surface area contributed by atoms with Gasteiger partial charge in [0, 0.05) is 17.1 Å². The summed E-state index contributed by atoms with van der Waals surface area (Å²) >= 11 is 0. The zero-order valence-electron chi connectivity index (χ0n) is 32.7. The Hall–Kier alpha value is -3.36. The van der Waals surface area contributed by atoms with Crippen molar-refractivity contribution < 1.29 is 69.8 Å². The van der Waals surface area contributed by atoms with E-state index in [0.29, 0.717) is 43.5 Å². The molecular weight excluding hydrogens is 898 g/mol. The number of rotatable bonds is 8. The number of halogens is 12. The van der Waals surface area contributed by atoms with Gasteiger partial charge in [-0.05, 0) is 115 Å². The van der Waals surface area contributed by atoms with Crippen LogP contribution in [-0.2, 0) is 41.8 Å². The Bertz CT molecular complexity index is 1990. The largest absolute Gasteiger partial charge is 0.416 e. The molecular formula is C46H42F12FeP2. The fourth-order valence-corrected chi connectivity index (χ4v) is 14.0.